The summed E-state index contributed by atoms with van der Waals surface area (Å²) in [5.41, 5.74) is 13.1. The van der Waals surface area contributed by atoms with E-state index in [4.69, 9.17) is 14.5 Å². The molecule has 0 fully saturated rings. The van der Waals surface area contributed by atoms with Crippen molar-refractivity contribution in [1.82, 2.24) is 9.55 Å². The Labute approximate surface area is 356 Å². The summed E-state index contributed by atoms with van der Waals surface area (Å²) in [4.78, 5) is 7.48. The zero-order chi connectivity index (χ0) is 40.3. The minimum absolute atomic E-state index is 0.702. The Morgan fingerprint density at radius 2 is 0.984 bits per heavy atom. The van der Waals surface area contributed by atoms with Gasteiger partial charge >= 0.3 is 0 Å². The van der Waals surface area contributed by atoms with E-state index in [0.29, 0.717) is 23.0 Å². The number of benzene rings is 9. The van der Waals surface area contributed by atoms with Gasteiger partial charge in [-0.3, -0.25) is 0 Å². The van der Waals surface area contributed by atoms with Crippen LogP contribution in [-0.4, -0.2) is 9.55 Å². The number of thiazole rings is 1. The van der Waals surface area contributed by atoms with Gasteiger partial charge in [0.1, 0.15) is 10.5 Å². The van der Waals surface area contributed by atoms with Crippen LogP contribution in [0.5, 0.6) is 23.0 Å². The van der Waals surface area contributed by atoms with E-state index in [0.717, 1.165) is 65.3 Å². The number of ether oxygens (including phenoxy) is 2. The van der Waals surface area contributed by atoms with Crippen molar-refractivity contribution in [1.29, 1.82) is 0 Å². The molecule has 0 aliphatic carbocycles. The third kappa shape index (κ3) is 6.12. The second-order valence-electron chi connectivity index (χ2n) is 15.2. The lowest BCUT2D eigenvalue weighted by atomic mass is 10.0. The zero-order valence-corrected chi connectivity index (χ0v) is 33.6. The number of hydrogen-bond donors (Lipinski definition) is 0. The maximum Gasteiger partial charge on any atom is 0.194 e. The number of aromatic nitrogens is 2. The van der Waals surface area contributed by atoms with Gasteiger partial charge in [-0.05, 0) is 119 Å². The number of para-hydroxylation sites is 3. The van der Waals surface area contributed by atoms with Gasteiger partial charge < -0.3 is 18.9 Å². The molecule has 6 heteroatoms. The van der Waals surface area contributed by atoms with E-state index in [2.05, 4.69) is 191 Å². The first-order valence-corrected chi connectivity index (χ1v) is 21.2. The van der Waals surface area contributed by atoms with E-state index in [-0.39, 0.29) is 0 Å². The SMILES string of the molecule is c1ccc(-c2ccc(N(c3ccc(-c4ccccc4)cc3)c3ccc4nc(-c5ccc(-n6c7ccccc7c7ccc8c(c76)Oc6ccccc6O8)cc5)sc4c3)cc2)cc1. The molecule has 0 radical (unpaired) electrons. The second kappa shape index (κ2) is 14.4. The van der Waals surface area contributed by atoms with Crippen molar-refractivity contribution in [3.05, 3.63) is 212 Å². The highest BCUT2D eigenvalue weighted by Gasteiger charge is 2.25. The van der Waals surface area contributed by atoms with Crippen LogP contribution in [0.15, 0.2) is 212 Å². The van der Waals surface area contributed by atoms with Gasteiger partial charge in [0.05, 0.1) is 15.7 Å². The van der Waals surface area contributed by atoms with Crippen molar-refractivity contribution in [2.75, 3.05) is 4.90 Å². The highest BCUT2D eigenvalue weighted by atomic mass is 32.1. The van der Waals surface area contributed by atoms with Crippen LogP contribution in [0.25, 0.3) is 70.5 Å². The molecule has 61 heavy (non-hydrogen) atoms. The van der Waals surface area contributed by atoms with E-state index in [1.165, 1.54) is 22.3 Å². The fourth-order valence-electron chi connectivity index (χ4n) is 8.55. The van der Waals surface area contributed by atoms with Crippen LogP contribution in [0.1, 0.15) is 0 Å². The molecule has 0 atom stereocenters. The van der Waals surface area contributed by atoms with Crippen LogP contribution in [0.2, 0.25) is 0 Å². The van der Waals surface area contributed by atoms with Crippen molar-refractivity contribution in [3.8, 4) is 61.5 Å². The molecule has 1 aliphatic heterocycles. The molecule has 0 N–H and O–H groups in total. The van der Waals surface area contributed by atoms with Crippen molar-refractivity contribution in [2.45, 2.75) is 0 Å². The Morgan fingerprint density at radius 3 is 1.66 bits per heavy atom. The summed E-state index contributed by atoms with van der Waals surface area (Å²) in [5, 5.41) is 3.23. The average Bonchev–Trinajstić information content (AvgIpc) is 3.92. The number of rotatable bonds is 7. The monoisotopic (exact) mass is 801 g/mol. The Hall–Kier alpha value is -7.93. The van der Waals surface area contributed by atoms with Crippen LogP contribution in [0.3, 0.4) is 0 Å². The molecule has 11 aromatic rings. The molecule has 5 nitrogen and oxygen atoms in total. The quantitative estimate of drug-likeness (QED) is 0.161. The summed E-state index contributed by atoms with van der Waals surface area (Å²) in [7, 11) is 0. The van der Waals surface area contributed by atoms with Gasteiger partial charge in [0.2, 0.25) is 0 Å². The molecule has 0 bridgehead atoms. The highest BCUT2D eigenvalue weighted by Crippen LogP contribution is 2.51. The molecule has 3 heterocycles. The van der Waals surface area contributed by atoms with Gasteiger partial charge in [0.25, 0.3) is 0 Å². The summed E-state index contributed by atoms with van der Waals surface area (Å²) in [5.74, 6) is 2.84. The third-order valence-corrected chi connectivity index (χ3v) is 12.6. The Balaban J connectivity index is 0.909. The van der Waals surface area contributed by atoms with Crippen molar-refractivity contribution in [2.24, 2.45) is 0 Å². The Kier molecular flexibility index (Phi) is 8.28. The molecule has 2 aromatic heterocycles. The topological polar surface area (TPSA) is 39.5 Å². The Bertz CT molecular complexity index is 3310. The zero-order valence-electron chi connectivity index (χ0n) is 32.8. The van der Waals surface area contributed by atoms with Crippen molar-refractivity contribution >= 4 is 60.4 Å². The third-order valence-electron chi connectivity index (χ3n) is 11.5. The summed E-state index contributed by atoms with van der Waals surface area (Å²) in [6.07, 6.45) is 0. The molecule has 9 aromatic carbocycles. The first-order chi connectivity index (χ1) is 30.2. The van der Waals surface area contributed by atoms with Crippen LogP contribution in [0.4, 0.5) is 17.1 Å². The molecule has 0 saturated heterocycles. The van der Waals surface area contributed by atoms with Gasteiger partial charge in [-0.1, -0.05) is 115 Å². The van der Waals surface area contributed by atoms with Crippen LogP contribution < -0.4 is 14.4 Å². The summed E-state index contributed by atoms with van der Waals surface area (Å²) >= 11 is 1.71. The summed E-state index contributed by atoms with van der Waals surface area (Å²) in [6, 6.07) is 74.4. The fraction of sp³-hybridized carbons (Fsp3) is 0. The van der Waals surface area contributed by atoms with Crippen molar-refractivity contribution in [3.63, 3.8) is 0 Å². The lowest BCUT2D eigenvalue weighted by molar-refractivity contribution is 0.362. The van der Waals surface area contributed by atoms with Crippen LogP contribution >= 0.6 is 11.3 Å². The van der Waals surface area contributed by atoms with Gasteiger partial charge in [-0.15, -0.1) is 11.3 Å². The first kappa shape index (κ1) is 35.1. The fourth-order valence-corrected chi connectivity index (χ4v) is 9.55. The largest absolute Gasteiger partial charge is 0.449 e. The Morgan fingerprint density at radius 1 is 0.426 bits per heavy atom. The minimum Gasteiger partial charge on any atom is -0.449 e. The van der Waals surface area contributed by atoms with Gasteiger partial charge in [0.15, 0.2) is 23.0 Å². The molecular weight excluding hydrogens is 767 g/mol. The average molecular weight is 802 g/mol. The van der Waals surface area contributed by atoms with E-state index < -0.39 is 0 Å². The molecule has 0 unspecified atom stereocenters. The normalized spacial score (nSPS) is 11.9. The molecule has 288 valence electrons. The molecule has 0 saturated carbocycles. The smallest absolute Gasteiger partial charge is 0.194 e. The molecule has 1 aliphatic rings. The highest BCUT2D eigenvalue weighted by molar-refractivity contribution is 7.21. The van der Waals surface area contributed by atoms with Crippen LogP contribution in [-0.2, 0) is 0 Å². The maximum atomic E-state index is 6.58. The second-order valence-corrected chi connectivity index (χ2v) is 16.2. The van der Waals surface area contributed by atoms with E-state index >= 15 is 0 Å². The lowest BCUT2D eigenvalue weighted by Gasteiger charge is -2.26. The molecule has 0 spiro atoms. The van der Waals surface area contributed by atoms with Gasteiger partial charge in [0, 0.05) is 39.1 Å². The van der Waals surface area contributed by atoms with Gasteiger partial charge in [-0.25, -0.2) is 4.98 Å². The molecular formula is C55H35N3O2S. The van der Waals surface area contributed by atoms with Gasteiger partial charge in [-0.2, -0.15) is 0 Å². The number of hydrogen-bond acceptors (Lipinski definition) is 5. The first-order valence-electron chi connectivity index (χ1n) is 20.4. The van der Waals surface area contributed by atoms with E-state index in [1.54, 1.807) is 11.3 Å². The predicted molar refractivity (Wildman–Crippen MR) is 252 cm³/mol. The maximum absolute atomic E-state index is 6.58. The van der Waals surface area contributed by atoms with Crippen molar-refractivity contribution < 1.29 is 9.47 Å². The predicted octanol–water partition coefficient (Wildman–Crippen LogP) is 15.8. The number of fused-ring (bicyclic) bond motifs is 7. The summed E-state index contributed by atoms with van der Waals surface area (Å²) < 4.78 is 16.3. The standard InChI is InChI=1S/C55H35N3O2S/c1-3-11-36(12-4-1)38-19-25-41(26-20-38)57(42-27-21-39(22-28-42)37-13-5-2-6-14-37)44-31-33-47-52(35-44)61-55(56-47)40-23-29-43(30-24-40)58-48-16-8-7-15-45(48)46-32-34-51-54(53(46)58)60-50-18-10-9-17-49(50)59-51/h1-35H. The summed E-state index contributed by atoms with van der Waals surface area (Å²) in [6.45, 7) is 0. The van der Waals surface area contributed by atoms with Crippen LogP contribution in [0, 0.1) is 0 Å². The minimum atomic E-state index is 0.702. The molecule has 12 rings (SSSR count). The van der Waals surface area contributed by atoms with E-state index in [1.807, 2.05) is 30.3 Å². The molecule has 0 amide bonds. The lowest BCUT2D eigenvalue weighted by Crippen LogP contribution is -2.09. The van der Waals surface area contributed by atoms with E-state index in [9.17, 15) is 0 Å². The number of nitrogens with zero attached hydrogens (tertiary/aromatic N) is 3. The number of anilines is 3.